The number of nitrogens with zero attached hydrogens (tertiary/aromatic N) is 1. The van der Waals surface area contributed by atoms with Gasteiger partial charge in [0, 0.05) is 24.4 Å². The van der Waals surface area contributed by atoms with Crippen LogP contribution in [-0.2, 0) is 6.54 Å². The molecule has 0 radical (unpaired) electrons. The van der Waals surface area contributed by atoms with Gasteiger partial charge in [-0.05, 0) is 41.5 Å². The molecule has 1 fully saturated rings. The van der Waals surface area contributed by atoms with Gasteiger partial charge in [0.25, 0.3) is 5.91 Å². The molecule has 1 amide bonds. The van der Waals surface area contributed by atoms with Gasteiger partial charge < -0.3 is 10.1 Å². The molecule has 0 atom stereocenters. The number of nitrogens with one attached hydrogen (secondary N) is 1. The Hall–Kier alpha value is -3.10. The number of methoxy groups -OCH3 is 1. The minimum atomic E-state index is -0.698. The van der Waals surface area contributed by atoms with Gasteiger partial charge in [-0.25, -0.2) is 13.8 Å². The zero-order valence-corrected chi connectivity index (χ0v) is 21.8. The molecular formula is C28H26ClF3N2O2S. The maximum atomic E-state index is 14.1. The zero-order valence-electron chi connectivity index (χ0n) is 20.3. The van der Waals surface area contributed by atoms with E-state index in [9.17, 15) is 18.0 Å². The number of fused-ring (bicyclic) bond motifs is 1. The summed E-state index contributed by atoms with van der Waals surface area (Å²) >= 11 is 6.95. The van der Waals surface area contributed by atoms with Crippen molar-refractivity contribution in [3.63, 3.8) is 0 Å². The number of hydrogen-bond acceptors (Lipinski definition) is 4. The molecule has 9 heteroatoms. The maximum absolute atomic E-state index is 14.1. The molecule has 0 aliphatic heterocycles. The Labute approximate surface area is 222 Å². The van der Waals surface area contributed by atoms with Crippen LogP contribution in [0.25, 0.3) is 21.2 Å². The van der Waals surface area contributed by atoms with Gasteiger partial charge in [-0.15, -0.1) is 11.3 Å². The molecular weight excluding hydrogens is 521 g/mol. The second kappa shape index (κ2) is 12.4. The highest BCUT2D eigenvalue weighted by Gasteiger charge is 2.22. The Morgan fingerprint density at radius 3 is 2.24 bits per heavy atom. The lowest BCUT2D eigenvalue weighted by atomic mass is 10.0. The van der Waals surface area contributed by atoms with Crippen LogP contribution in [0.3, 0.4) is 0 Å². The fourth-order valence-electron chi connectivity index (χ4n) is 4.24. The normalized spacial score (nSPS) is 13.1. The van der Waals surface area contributed by atoms with Crippen molar-refractivity contribution in [2.45, 2.75) is 45.1 Å². The molecule has 0 saturated heterocycles. The van der Waals surface area contributed by atoms with Crippen molar-refractivity contribution in [1.82, 2.24) is 10.3 Å². The molecule has 5 rings (SSSR count). The Morgan fingerprint density at radius 1 is 0.973 bits per heavy atom. The Balaban J connectivity index is 0.000000469. The fraction of sp³-hybridized carbons (Fsp3) is 0.286. The molecule has 2 heterocycles. The van der Waals surface area contributed by atoms with Crippen LogP contribution < -0.4 is 10.1 Å². The summed E-state index contributed by atoms with van der Waals surface area (Å²) in [5.41, 5.74) is 1.94. The van der Waals surface area contributed by atoms with Crippen molar-refractivity contribution in [3.8, 4) is 16.9 Å². The molecule has 4 nitrogen and oxygen atoms in total. The third-order valence-electron chi connectivity index (χ3n) is 6.17. The summed E-state index contributed by atoms with van der Waals surface area (Å²) in [5.74, 6) is -2.02. The van der Waals surface area contributed by atoms with Crippen LogP contribution in [0.1, 0.15) is 53.8 Å². The number of carbonyl (C=O) groups excluding carboxylic acids is 1. The van der Waals surface area contributed by atoms with Gasteiger partial charge in [0.15, 0.2) is 0 Å². The number of aromatic nitrogens is 1. The third-order valence-corrected chi connectivity index (χ3v) is 7.85. The Morgan fingerprint density at radius 2 is 1.62 bits per heavy atom. The van der Waals surface area contributed by atoms with Crippen molar-refractivity contribution in [2.24, 2.45) is 0 Å². The predicted molar refractivity (Wildman–Crippen MR) is 142 cm³/mol. The molecule has 4 aromatic rings. The van der Waals surface area contributed by atoms with Gasteiger partial charge in [-0.1, -0.05) is 56.2 Å². The van der Waals surface area contributed by atoms with Crippen LogP contribution in [0, 0.1) is 17.6 Å². The van der Waals surface area contributed by atoms with Gasteiger partial charge in [0.1, 0.15) is 22.3 Å². The van der Waals surface area contributed by atoms with Gasteiger partial charge >= 0.3 is 0 Å². The van der Waals surface area contributed by atoms with Crippen molar-refractivity contribution in [1.29, 1.82) is 0 Å². The first-order valence-corrected chi connectivity index (χ1v) is 13.2. The van der Waals surface area contributed by atoms with Crippen molar-refractivity contribution in [3.05, 3.63) is 81.7 Å². The van der Waals surface area contributed by atoms with E-state index < -0.39 is 23.5 Å². The summed E-state index contributed by atoms with van der Waals surface area (Å²) in [6.45, 7) is 0.0545. The number of benzene rings is 2. The second-order valence-electron chi connectivity index (χ2n) is 8.68. The lowest BCUT2D eigenvalue weighted by Crippen LogP contribution is -2.22. The van der Waals surface area contributed by atoms with E-state index in [1.807, 2.05) is 0 Å². The highest BCUT2D eigenvalue weighted by Crippen LogP contribution is 2.38. The molecule has 2 aromatic carbocycles. The zero-order chi connectivity index (χ0) is 26.4. The van der Waals surface area contributed by atoms with E-state index in [1.54, 1.807) is 24.3 Å². The van der Waals surface area contributed by atoms with E-state index in [-0.39, 0.29) is 26.5 Å². The first-order chi connectivity index (χ1) is 17.9. The van der Waals surface area contributed by atoms with Crippen LogP contribution >= 0.6 is 22.9 Å². The van der Waals surface area contributed by atoms with Crippen LogP contribution in [0.5, 0.6) is 5.75 Å². The molecule has 1 saturated carbocycles. The molecule has 1 aliphatic carbocycles. The monoisotopic (exact) mass is 546 g/mol. The number of amides is 1. The number of rotatable bonds is 5. The minimum absolute atomic E-state index is 0.00647. The number of halogens is 4. The topological polar surface area (TPSA) is 51.2 Å². The molecule has 0 spiro atoms. The molecule has 0 bridgehead atoms. The van der Waals surface area contributed by atoms with Gasteiger partial charge in [0.05, 0.1) is 22.2 Å². The van der Waals surface area contributed by atoms with Crippen molar-refractivity contribution in [2.75, 3.05) is 7.11 Å². The van der Waals surface area contributed by atoms with E-state index >= 15 is 0 Å². The Bertz CT molecular complexity index is 1390. The van der Waals surface area contributed by atoms with E-state index in [2.05, 4.69) is 10.3 Å². The minimum Gasteiger partial charge on any atom is -0.496 e. The lowest BCUT2D eigenvalue weighted by Gasteiger charge is -2.12. The molecule has 1 N–H and O–H groups in total. The van der Waals surface area contributed by atoms with E-state index in [4.69, 9.17) is 16.3 Å². The second-order valence-corrected chi connectivity index (χ2v) is 10.1. The fourth-order valence-corrected chi connectivity index (χ4v) is 5.71. The van der Waals surface area contributed by atoms with Gasteiger partial charge in [-0.2, -0.15) is 4.39 Å². The first kappa shape index (κ1) is 26.9. The summed E-state index contributed by atoms with van der Waals surface area (Å²) in [4.78, 5) is 16.2. The summed E-state index contributed by atoms with van der Waals surface area (Å²) in [6, 6.07) is 10.1. The summed E-state index contributed by atoms with van der Waals surface area (Å²) in [5, 5.41) is 2.45. The smallest absolute Gasteiger partial charge is 0.263 e. The summed E-state index contributed by atoms with van der Waals surface area (Å²) in [6.07, 6.45) is 10.4. The van der Waals surface area contributed by atoms with E-state index in [1.165, 1.54) is 57.9 Å². The lowest BCUT2D eigenvalue weighted by molar-refractivity contribution is 0.0955. The predicted octanol–water partition coefficient (Wildman–Crippen LogP) is 8.31. The maximum Gasteiger partial charge on any atom is 0.263 e. The summed E-state index contributed by atoms with van der Waals surface area (Å²) < 4.78 is 46.9. The van der Waals surface area contributed by atoms with E-state index in [0.717, 1.165) is 23.5 Å². The van der Waals surface area contributed by atoms with Gasteiger partial charge in [-0.3, -0.25) is 4.79 Å². The first-order valence-electron chi connectivity index (χ1n) is 12.0. The average Bonchev–Trinajstić information content (AvgIpc) is 3.29. The van der Waals surface area contributed by atoms with Crippen LogP contribution in [-0.4, -0.2) is 18.0 Å². The average molecular weight is 547 g/mol. The molecule has 1 aliphatic rings. The Kier molecular flexibility index (Phi) is 9.05. The largest absolute Gasteiger partial charge is 0.496 e. The number of ether oxygens (including phenoxy) is 1. The van der Waals surface area contributed by atoms with Gasteiger partial charge in [0.2, 0.25) is 5.95 Å². The number of hydrogen-bond donors (Lipinski definition) is 1. The molecule has 37 heavy (non-hydrogen) atoms. The quantitative estimate of drug-likeness (QED) is 0.256. The molecule has 194 valence electrons. The SMILES string of the molecule is C1CCCCC1.COc1ccc(-c2ccnc(F)c2)cc1CNC(=O)c1sc2c(F)ccc(F)c2c1Cl. The number of thiophene rings is 1. The third kappa shape index (κ3) is 6.43. The van der Waals surface area contributed by atoms with Crippen LogP contribution in [0.4, 0.5) is 13.2 Å². The highest BCUT2D eigenvalue weighted by molar-refractivity contribution is 7.21. The van der Waals surface area contributed by atoms with Crippen LogP contribution in [0.2, 0.25) is 5.02 Å². The molecule has 2 aromatic heterocycles. The highest BCUT2D eigenvalue weighted by atomic mass is 35.5. The number of carbonyl (C=O) groups is 1. The summed E-state index contributed by atoms with van der Waals surface area (Å²) in [7, 11) is 1.49. The molecule has 0 unspecified atom stereocenters. The van der Waals surface area contributed by atoms with E-state index in [0.29, 0.717) is 22.4 Å². The van der Waals surface area contributed by atoms with Crippen LogP contribution in [0.15, 0.2) is 48.7 Å². The van der Waals surface area contributed by atoms with Crippen molar-refractivity contribution < 1.29 is 22.7 Å². The standard InChI is InChI=1S/C22H14ClF3N2O2S.C6H12/c1-30-16-5-2-11(12-6-7-27-17(26)9-12)8-13(16)10-28-22(29)21-19(23)18-14(24)3-4-15(25)20(18)31-21;1-2-4-6-5-3-1/h2-9H,10H2,1H3,(H,28,29);1-6H2. The van der Waals surface area contributed by atoms with Crippen molar-refractivity contribution >= 4 is 38.9 Å². The number of pyridine rings is 1.